The smallest absolute Gasteiger partial charge is 0.321 e. The maximum absolute atomic E-state index is 12.8. The SMILES string of the molecule is O=C(O)C(CC(O)CSc1nccs1)NS(=O)(=O)c1ccc(-c2ccc3c(c2)OCO3)cc1. The molecule has 0 amide bonds. The molecule has 3 aromatic rings. The number of aromatic nitrogens is 1. The number of thiazole rings is 1. The van der Waals surface area contributed by atoms with Crippen LogP contribution in [-0.4, -0.2) is 54.3 Å². The number of ether oxygens (including phenoxy) is 2. The van der Waals surface area contributed by atoms with E-state index in [1.165, 1.54) is 35.2 Å². The number of nitrogens with one attached hydrogen (secondary N) is 1. The Morgan fingerprint density at radius 1 is 1.15 bits per heavy atom. The summed E-state index contributed by atoms with van der Waals surface area (Å²) in [6.45, 7) is 0.157. The van der Waals surface area contributed by atoms with Crippen molar-refractivity contribution in [3.8, 4) is 22.6 Å². The van der Waals surface area contributed by atoms with Gasteiger partial charge in [0.2, 0.25) is 16.8 Å². The van der Waals surface area contributed by atoms with Crippen molar-refractivity contribution in [1.29, 1.82) is 0 Å². The normalized spacial score (nSPS) is 14.7. The zero-order chi connectivity index (χ0) is 23.4. The molecule has 9 nitrogen and oxygen atoms in total. The molecule has 0 saturated carbocycles. The second-order valence-electron chi connectivity index (χ2n) is 7.10. The Hall–Kier alpha value is -2.64. The lowest BCUT2D eigenvalue weighted by atomic mass is 10.1. The van der Waals surface area contributed by atoms with Crippen molar-refractivity contribution in [3.05, 3.63) is 54.0 Å². The first kappa shape index (κ1) is 23.5. The van der Waals surface area contributed by atoms with Crippen LogP contribution in [0.25, 0.3) is 11.1 Å². The van der Waals surface area contributed by atoms with Crippen LogP contribution < -0.4 is 14.2 Å². The molecule has 0 radical (unpaired) electrons. The first-order chi connectivity index (χ1) is 15.8. The van der Waals surface area contributed by atoms with Crippen LogP contribution in [0.4, 0.5) is 0 Å². The Morgan fingerprint density at radius 3 is 2.58 bits per heavy atom. The Labute approximate surface area is 198 Å². The number of fused-ring (bicyclic) bond motifs is 1. The molecule has 33 heavy (non-hydrogen) atoms. The summed E-state index contributed by atoms with van der Waals surface area (Å²) in [5, 5.41) is 21.5. The number of hydrogen-bond acceptors (Lipinski definition) is 9. The van der Waals surface area contributed by atoms with E-state index in [0.717, 1.165) is 15.5 Å². The third kappa shape index (κ3) is 5.84. The molecule has 2 aromatic carbocycles. The van der Waals surface area contributed by atoms with Gasteiger partial charge in [-0.25, -0.2) is 13.4 Å². The highest BCUT2D eigenvalue weighted by molar-refractivity contribution is 8.01. The number of carbonyl (C=O) groups is 1. The van der Waals surface area contributed by atoms with Crippen molar-refractivity contribution in [1.82, 2.24) is 9.71 Å². The number of sulfonamides is 1. The predicted molar refractivity (Wildman–Crippen MR) is 123 cm³/mol. The Balaban J connectivity index is 1.42. The molecule has 1 aliphatic rings. The van der Waals surface area contributed by atoms with Crippen molar-refractivity contribution in [2.45, 2.75) is 27.8 Å². The van der Waals surface area contributed by atoms with Gasteiger partial charge in [-0.15, -0.1) is 11.3 Å². The van der Waals surface area contributed by atoms with Gasteiger partial charge >= 0.3 is 5.97 Å². The maximum atomic E-state index is 12.8. The van der Waals surface area contributed by atoms with Gasteiger partial charge in [-0.1, -0.05) is 30.0 Å². The summed E-state index contributed by atoms with van der Waals surface area (Å²) in [5.41, 5.74) is 1.58. The van der Waals surface area contributed by atoms with Crippen LogP contribution in [0.2, 0.25) is 0 Å². The summed E-state index contributed by atoms with van der Waals surface area (Å²) in [4.78, 5) is 15.6. The number of thioether (sulfide) groups is 1. The van der Waals surface area contributed by atoms with E-state index >= 15 is 0 Å². The summed E-state index contributed by atoms with van der Waals surface area (Å²) >= 11 is 2.68. The Kier molecular flexibility index (Phi) is 7.20. The number of nitrogens with zero attached hydrogens (tertiary/aromatic N) is 1. The Bertz CT molecular complexity index is 1220. The van der Waals surface area contributed by atoms with Gasteiger partial charge in [0.25, 0.3) is 0 Å². The average Bonchev–Trinajstić information content (AvgIpc) is 3.48. The molecule has 12 heteroatoms. The zero-order valence-corrected chi connectivity index (χ0v) is 19.5. The first-order valence-corrected chi connectivity index (χ1v) is 13.1. The number of benzene rings is 2. The number of carboxylic acids is 1. The third-order valence-corrected chi connectivity index (χ3v) is 8.38. The summed E-state index contributed by atoms with van der Waals surface area (Å²) < 4.78 is 39.1. The molecule has 1 aliphatic heterocycles. The molecule has 0 fully saturated rings. The molecule has 2 unspecified atom stereocenters. The standard InChI is InChI=1S/C21H20N2O7S3/c24-15(11-32-21-22-7-8-31-21)10-17(20(25)26)23-33(27,28)16-4-1-13(2-5-16)14-3-6-18-19(9-14)30-12-29-18/h1-9,15,17,23-24H,10-12H2,(H,25,26). The average molecular weight is 509 g/mol. The van der Waals surface area contributed by atoms with E-state index in [2.05, 4.69) is 9.71 Å². The van der Waals surface area contributed by atoms with Crippen LogP contribution in [0.15, 0.2) is 63.3 Å². The molecule has 2 heterocycles. The van der Waals surface area contributed by atoms with E-state index in [4.69, 9.17) is 9.47 Å². The molecule has 3 N–H and O–H groups in total. The summed E-state index contributed by atoms with van der Waals surface area (Å²) in [7, 11) is -4.12. The van der Waals surface area contributed by atoms with Crippen molar-refractivity contribution < 1.29 is 32.9 Å². The quantitative estimate of drug-likeness (QED) is 0.353. The molecule has 0 bridgehead atoms. The second kappa shape index (κ2) is 10.1. The van der Waals surface area contributed by atoms with E-state index in [0.29, 0.717) is 11.5 Å². The lowest BCUT2D eigenvalue weighted by Gasteiger charge is -2.18. The summed E-state index contributed by atoms with van der Waals surface area (Å²) in [6.07, 6.45) is 0.323. The van der Waals surface area contributed by atoms with Crippen molar-refractivity contribution in [2.24, 2.45) is 0 Å². The van der Waals surface area contributed by atoms with Gasteiger partial charge in [0.15, 0.2) is 11.5 Å². The van der Waals surface area contributed by atoms with Crippen LogP contribution in [0.3, 0.4) is 0 Å². The number of aliphatic hydroxyl groups excluding tert-OH is 1. The highest BCUT2D eigenvalue weighted by Crippen LogP contribution is 2.36. The van der Waals surface area contributed by atoms with Gasteiger partial charge in [-0.3, -0.25) is 4.79 Å². The van der Waals surface area contributed by atoms with Crippen molar-refractivity contribution >= 4 is 39.1 Å². The molecule has 0 spiro atoms. The van der Waals surface area contributed by atoms with Crippen molar-refractivity contribution in [2.75, 3.05) is 12.5 Å². The number of rotatable bonds is 10. The highest BCUT2D eigenvalue weighted by atomic mass is 32.2. The van der Waals surface area contributed by atoms with Crippen LogP contribution in [0, 0.1) is 0 Å². The van der Waals surface area contributed by atoms with Crippen LogP contribution in [-0.2, 0) is 14.8 Å². The van der Waals surface area contributed by atoms with Gasteiger partial charge in [-0.05, 0) is 35.4 Å². The Morgan fingerprint density at radius 2 is 1.88 bits per heavy atom. The minimum atomic E-state index is -4.12. The topological polar surface area (TPSA) is 135 Å². The zero-order valence-electron chi connectivity index (χ0n) is 17.1. The fraction of sp³-hybridized carbons (Fsp3) is 0.238. The van der Waals surface area contributed by atoms with Crippen LogP contribution in [0.5, 0.6) is 11.5 Å². The molecule has 1 aromatic heterocycles. The van der Waals surface area contributed by atoms with Gasteiger partial charge in [0, 0.05) is 23.8 Å². The lowest BCUT2D eigenvalue weighted by Crippen LogP contribution is -2.43. The number of hydrogen-bond donors (Lipinski definition) is 3. The molecular formula is C21H20N2O7S3. The fourth-order valence-electron chi connectivity index (χ4n) is 3.15. The predicted octanol–water partition coefficient (Wildman–Crippen LogP) is 2.81. The number of aliphatic hydroxyl groups is 1. The molecular weight excluding hydrogens is 488 g/mol. The first-order valence-electron chi connectivity index (χ1n) is 9.77. The van der Waals surface area contributed by atoms with Crippen LogP contribution in [0.1, 0.15) is 6.42 Å². The minimum absolute atomic E-state index is 0.0788. The maximum Gasteiger partial charge on any atom is 0.321 e. The van der Waals surface area contributed by atoms with E-state index in [9.17, 15) is 23.4 Å². The molecule has 0 aliphatic carbocycles. The fourth-order valence-corrected chi connectivity index (χ4v) is 5.96. The molecule has 4 rings (SSSR count). The molecule has 2 atom stereocenters. The van der Waals surface area contributed by atoms with E-state index < -0.39 is 28.1 Å². The largest absolute Gasteiger partial charge is 0.480 e. The lowest BCUT2D eigenvalue weighted by molar-refractivity contribution is -0.139. The van der Waals surface area contributed by atoms with E-state index in [1.54, 1.807) is 35.8 Å². The summed E-state index contributed by atoms with van der Waals surface area (Å²) in [6, 6.07) is 9.99. The van der Waals surface area contributed by atoms with Gasteiger partial charge in [0.05, 0.1) is 11.0 Å². The van der Waals surface area contributed by atoms with Gasteiger partial charge in [-0.2, -0.15) is 4.72 Å². The van der Waals surface area contributed by atoms with Crippen molar-refractivity contribution in [3.63, 3.8) is 0 Å². The summed E-state index contributed by atoms with van der Waals surface area (Å²) in [5.74, 6) is 0.0909. The van der Waals surface area contributed by atoms with Gasteiger partial charge in [0.1, 0.15) is 10.4 Å². The highest BCUT2D eigenvalue weighted by Gasteiger charge is 2.28. The molecule has 0 saturated heterocycles. The van der Waals surface area contributed by atoms with E-state index in [1.807, 2.05) is 6.07 Å². The number of carboxylic acid groups (broad SMARTS) is 1. The minimum Gasteiger partial charge on any atom is -0.480 e. The molecule has 174 valence electrons. The second-order valence-corrected chi connectivity index (χ2v) is 11.0. The number of aliphatic carboxylic acids is 1. The third-order valence-electron chi connectivity index (χ3n) is 4.78. The van der Waals surface area contributed by atoms with E-state index in [-0.39, 0.29) is 23.9 Å². The monoisotopic (exact) mass is 508 g/mol. The van der Waals surface area contributed by atoms with Gasteiger partial charge < -0.3 is 19.7 Å². The van der Waals surface area contributed by atoms with Crippen LogP contribution >= 0.6 is 23.1 Å².